The van der Waals surface area contributed by atoms with Crippen LogP contribution < -0.4 is 16.4 Å². The van der Waals surface area contributed by atoms with E-state index in [1.54, 1.807) is 4.90 Å². The normalized spacial score (nSPS) is 16.9. The molecular weight excluding hydrogens is 220 g/mol. The highest BCUT2D eigenvalue weighted by atomic mass is 16.2. The third-order valence-electron chi connectivity index (χ3n) is 2.93. The molecule has 0 aromatic rings. The van der Waals surface area contributed by atoms with Crippen molar-refractivity contribution in [2.24, 2.45) is 5.73 Å². The Kier molecular flexibility index (Phi) is 5.76. The fraction of sp³-hybridized carbons (Fsp3) is 0.818. The van der Waals surface area contributed by atoms with Gasteiger partial charge in [-0.15, -0.1) is 0 Å². The van der Waals surface area contributed by atoms with Crippen LogP contribution in [0.2, 0.25) is 0 Å². The van der Waals surface area contributed by atoms with Gasteiger partial charge in [-0.3, -0.25) is 4.79 Å². The second kappa shape index (κ2) is 7.11. The smallest absolute Gasteiger partial charge is 0.314 e. The molecule has 0 aromatic heterocycles. The zero-order chi connectivity index (χ0) is 12.7. The predicted molar refractivity (Wildman–Crippen MR) is 65.5 cm³/mol. The number of likely N-dealkylation sites (tertiary alicyclic amines) is 1. The van der Waals surface area contributed by atoms with Crippen molar-refractivity contribution in [3.63, 3.8) is 0 Å². The summed E-state index contributed by atoms with van der Waals surface area (Å²) in [4.78, 5) is 23.9. The van der Waals surface area contributed by atoms with Gasteiger partial charge >= 0.3 is 6.03 Å². The summed E-state index contributed by atoms with van der Waals surface area (Å²) in [5, 5.41) is 6.01. The highest BCUT2D eigenvalue weighted by molar-refractivity contribution is 5.78. The van der Waals surface area contributed by atoms with Crippen LogP contribution in [0.4, 0.5) is 4.79 Å². The highest BCUT2D eigenvalue weighted by Crippen LogP contribution is 2.09. The van der Waals surface area contributed by atoms with Crippen LogP contribution in [-0.2, 0) is 4.79 Å². The van der Waals surface area contributed by atoms with Gasteiger partial charge in [0.15, 0.2) is 0 Å². The van der Waals surface area contributed by atoms with Crippen LogP contribution in [-0.4, -0.2) is 49.1 Å². The maximum Gasteiger partial charge on any atom is 0.314 e. The van der Waals surface area contributed by atoms with E-state index < -0.39 is 0 Å². The number of nitrogens with two attached hydrogens (primary N) is 1. The Balaban J connectivity index is 2.14. The average Bonchev–Trinajstić information content (AvgIpc) is 2.34. The summed E-state index contributed by atoms with van der Waals surface area (Å²) in [5.41, 5.74) is 5.19. The largest absolute Gasteiger partial charge is 0.355 e. The first-order chi connectivity index (χ1) is 8.13. The monoisotopic (exact) mass is 242 g/mol. The molecule has 1 fully saturated rings. The van der Waals surface area contributed by atoms with Crippen molar-refractivity contribution in [1.29, 1.82) is 0 Å². The number of urea groups is 1. The molecule has 0 unspecified atom stereocenters. The fourth-order valence-electron chi connectivity index (χ4n) is 1.87. The number of amides is 3. The first-order valence-corrected chi connectivity index (χ1v) is 6.18. The van der Waals surface area contributed by atoms with E-state index in [0.717, 1.165) is 25.8 Å². The van der Waals surface area contributed by atoms with Crippen LogP contribution >= 0.6 is 0 Å². The number of hydrogen-bond donors (Lipinski definition) is 3. The number of carbonyl (C=O) groups is 2. The zero-order valence-corrected chi connectivity index (χ0v) is 10.4. The molecule has 0 atom stereocenters. The van der Waals surface area contributed by atoms with Crippen LogP contribution in [0.5, 0.6) is 0 Å². The molecule has 98 valence electrons. The molecule has 6 nitrogen and oxygen atoms in total. The summed E-state index contributed by atoms with van der Waals surface area (Å²) in [7, 11) is 0. The second-order valence-corrected chi connectivity index (χ2v) is 4.33. The molecule has 1 rings (SSSR count). The summed E-state index contributed by atoms with van der Waals surface area (Å²) in [6, 6.07) is -0.0536. The Morgan fingerprint density at radius 3 is 2.53 bits per heavy atom. The first-order valence-electron chi connectivity index (χ1n) is 6.18. The van der Waals surface area contributed by atoms with Gasteiger partial charge in [0.05, 0.1) is 6.54 Å². The molecular formula is C11H22N4O2. The molecule has 0 spiro atoms. The van der Waals surface area contributed by atoms with E-state index in [9.17, 15) is 9.59 Å². The number of primary amides is 1. The van der Waals surface area contributed by atoms with Crippen molar-refractivity contribution in [2.45, 2.75) is 32.2 Å². The number of nitrogens with zero attached hydrogens (tertiary/aromatic N) is 1. The maximum absolute atomic E-state index is 11.4. The number of hydrogen-bond acceptors (Lipinski definition) is 3. The lowest BCUT2D eigenvalue weighted by Crippen LogP contribution is -2.48. The van der Waals surface area contributed by atoms with Crippen LogP contribution in [0, 0.1) is 0 Å². The number of rotatable bonds is 5. The Labute approximate surface area is 102 Å². The molecule has 1 heterocycles. The Bertz CT molecular complexity index is 262. The number of piperidine rings is 1. The van der Waals surface area contributed by atoms with Crippen LogP contribution in [0.15, 0.2) is 0 Å². The van der Waals surface area contributed by atoms with E-state index in [2.05, 4.69) is 10.6 Å². The van der Waals surface area contributed by atoms with Crippen molar-refractivity contribution in [3.05, 3.63) is 0 Å². The van der Waals surface area contributed by atoms with Crippen molar-refractivity contribution < 1.29 is 9.59 Å². The van der Waals surface area contributed by atoms with Crippen molar-refractivity contribution >= 4 is 11.9 Å². The van der Waals surface area contributed by atoms with Crippen LogP contribution in [0.25, 0.3) is 0 Å². The van der Waals surface area contributed by atoms with E-state index in [1.165, 1.54) is 0 Å². The molecule has 1 aliphatic rings. The quantitative estimate of drug-likeness (QED) is 0.615. The molecule has 0 radical (unpaired) electrons. The lowest BCUT2D eigenvalue weighted by molar-refractivity contribution is -0.120. The topological polar surface area (TPSA) is 87.5 Å². The SMILES string of the molecule is CCCNC(=O)CNC1CCN(C(N)=O)CC1. The standard InChI is InChI=1S/C11H22N4O2/c1-2-5-13-10(16)8-14-9-3-6-15(7-4-9)11(12)17/h9,14H,2-8H2,1H3,(H2,12,17)(H,13,16). The predicted octanol–water partition coefficient (Wildman–Crippen LogP) is -0.355. The van der Waals surface area contributed by atoms with Gasteiger partial charge in [0, 0.05) is 25.7 Å². The lowest BCUT2D eigenvalue weighted by atomic mass is 10.1. The molecule has 3 amide bonds. The molecule has 0 bridgehead atoms. The number of carbonyl (C=O) groups excluding carboxylic acids is 2. The van der Waals surface area contributed by atoms with Crippen LogP contribution in [0.3, 0.4) is 0 Å². The first kappa shape index (κ1) is 13.8. The van der Waals surface area contributed by atoms with Crippen molar-refractivity contribution in [2.75, 3.05) is 26.2 Å². The van der Waals surface area contributed by atoms with Gasteiger partial charge in [0.25, 0.3) is 0 Å². The molecule has 6 heteroatoms. The minimum absolute atomic E-state index is 0.0316. The van der Waals surface area contributed by atoms with Gasteiger partial charge in [-0.25, -0.2) is 4.79 Å². The van der Waals surface area contributed by atoms with Crippen molar-refractivity contribution in [3.8, 4) is 0 Å². The summed E-state index contributed by atoms with van der Waals surface area (Å²) in [5.74, 6) is 0.0316. The van der Waals surface area contributed by atoms with Crippen LogP contribution in [0.1, 0.15) is 26.2 Å². The Hall–Kier alpha value is -1.30. The van der Waals surface area contributed by atoms with E-state index >= 15 is 0 Å². The average molecular weight is 242 g/mol. The molecule has 4 N–H and O–H groups in total. The van der Waals surface area contributed by atoms with E-state index in [0.29, 0.717) is 25.7 Å². The Morgan fingerprint density at radius 2 is 2.00 bits per heavy atom. The van der Waals surface area contributed by atoms with Gasteiger partial charge in [-0.05, 0) is 19.3 Å². The fourth-order valence-corrected chi connectivity index (χ4v) is 1.87. The van der Waals surface area contributed by atoms with E-state index in [-0.39, 0.29) is 11.9 Å². The molecule has 1 saturated heterocycles. The van der Waals surface area contributed by atoms with Gasteiger partial charge in [-0.1, -0.05) is 6.92 Å². The zero-order valence-electron chi connectivity index (χ0n) is 10.4. The minimum atomic E-state index is -0.357. The van der Waals surface area contributed by atoms with Gasteiger partial charge in [0.2, 0.25) is 5.91 Å². The minimum Gasteiger partial charge on any atom is -0.355 e. The van der Waals surface area contributed by atoms with Gasteiger partial charge in [0.1, 0.15) is 0 Å². The summed E-state index contributed by atoms with van der Waals surface area (Å²) < 4.78 is 0. The van der Waals surface area contributed by atoms with E-state index in [1.807, 2.05) is 6.92 Å². The second-order valence-electron chi connectivity index (χ2n) is 4.33. The molecule has 17 heavy (non-hydrogen) atoms. The maximum atomic E-state index is 11.4. The lowest BCUT2D eigenvalue weighted by Gasteiger charge is -2.31. The third kappa shape index (κ3) is 5.04. The summed E-state index contributed by atoms with van der Waals surface area (Å²) in [6.07, 6.45) is 2.65. The molecule has 0 aromatic carbocycles. The highest BCUT2D eigenvalue weighted by Gasteiger charge is 2.20. The van der Waals surface area contributed by atoms with Crippen molar-refractivity contribution in [1.82, 2.24) is 15.5 Å². The third-order valence-corrected chi connectivity index (χ3v) is 2.93. The van der Waals surface area contributed by atoms with Gasteiger partial charge < -0.3 is 21.3 Å². The summed E-state index contributed by atoms with van der Waals surface area (Å²) in [6.45, 7) is 4.43. The number of nitrogens with one attached hydrogen (secondary N) is 2. The molecule has 0 aliphatic carbocycles. The molecule has 1 aliphatic heterocycles. The summed E-state index contributed by atoms with van der Waals surface area (Å²) >= 11 is 0. The van der Waals surface area contributed by atoms with Gasteiger partial charge in [-0.2, -0.15) is 0 Å². The van der Waals surface area contributed by atoms with E-state index in [4.69, 9.17) is 5.73 Å². The molecule has 0 saturated carbocycles. The Morgan fingerprint density at radius 1 is 1.35 bits per heavy atom.